The summed E-state index contributed by atoms with van der Waals surface area (Å²) >= 11 is 0. The molecule has 0 spiro atoms. The van der Waals surface area contributed by atoms with Gasteiger partial charge in [0, 0.05) is 12.7 Å². The van der Waals surface area contributed by atoms with Gasteiger partial charge in [-0.05, 0) is 30.7 Å². The molecule has 5 heteroatoms. The van der Waals surface area contributed by atoms with Gasteiger partial charge in [-0.3, -0.25) is 4.98 Å². The predicted molar refractivity (Wildman–Crippen MR) is 54.7 cm³/mol. The van der Waals surface area contributed by atoms with Gasteiger partial charge < -0.3 is 5.32 Å². The van der Waals surface area contributed by atoms with Crippen LogP contribution in [0.1, 0.15) is 17.7 Å². The molecule has 1 N–H and O–H groups in total. The molecule has 0 saturated carbocycles. The second kappa shape index (κ2) is 4.25. The van der Waals surface area contributed by atoms with E-state index in [9.17, 15) is 13.2 Å². The standard InChI is InChI=1S/C11H11F3N2/c12-11(13,14)9-1-2-10(16-7-9)8-3-5-15-6-4-8/h1-3,7,15H,4-6H2. The molecule has 0 saturated heterocycles. The van der Waals surface area contributed by atoms with Crippen molar-refractivity contribution in [3.05, 3.63) is 35.7 Å². The third kappa shape index (κ3) is 2.41. The van der Waals surface area contributed by atoms with Gasteiger partial charge >= 0.3 is 6.18 Å². The lowest BCUT2D eigenvalue weighted by molar-refractivity contribution is -0.137. The zero-order valence-corrected chi connectivity index (χ0v) is 8.51. The highest BCUT2D eigenvalue weighted by atomic mass is 19.4. The molecule has 16 heavy (non-hydrogen) atoms. The molecule has 0 aromatic carbocycles. The fourth-order valence-electron chi connectivity index (χ4n) is 1.61. The lowest BCUT2D eigenvalue weighted by Crippen LogP contribution is -2.20. The van der Waals surface area contributed by atoms with Gasteiger partial charge in [0.2, 0.25) is 0 Å². The number of hydrogen-bond donors (Lipinski definition) is 1. The molecule has 2 heterocycles. The van der Waals surface area contributed by atoms with Crippen molar-refractivity contribution in [2.75, 3.05) is 13.1 Å². The highest BCUT2D eigenvalue weighted by molar-refractivity contribution is 5.63. The molecule has 86 valence electrons. The molecular weight excluding hydrogens is 217 g/mol. The molecule has 0 amide bonds. The van der Waals surface area contributed by atoms with E-state index in [1.165, 1.54) is 6.07 Å². The van der Waals surface area contributed by atoms with Gasteiger partial charge in [0.05, 0.1) is 11.3 Å². The van der Waals surface area contributed by atoms with Crippen molar-refractivity contribution < 1.29 is 13.2 Å². The minimum Gasteiger partial charge on any atom is -0.313 e. The fourth-order valence-corrected chi connectivity index (χ4v) is 1.61. The Bertz CT molecular complexity index is 393. The van der Waals surface area contributed by atoms with Gasteiger partial charge in [0.15, 0.2) is 0 Å². The van der Waals surface area contributed by atoms with Crippen LogP contribution in [0, 0.1) is 0 Å². The molecule has 1 aliphatic heterocycles. The van der Waals surface area contributed by atoms with E-state index in [0.29, 0.717) is 5.69 Å². The van der Waals surface area contributed by atoms with Crippen LogP contribution < -0.4 is 5.32 Å². The summed E-state index contributed by atoms with van der Waals surface area (Å²) in [5.41, 5.74) is 0.938. The summed E-state index contributed by atoms with van der Waals surface area (Å²) in [7, 11) is 0. The minimum atomic E-state index is -4.31. The van der Waals surface area contributed by atoms with Crippen LogP contribution in [0.15, 0.2) is 24.4 Å². The molecule has 0 atom stereocenters. The zero-order chi connectivity index (χ0) is 11.6. The molecule has 0 bridgehead atoms. The van der Waals surface area contributed by atoms with Crippen LogP contribution in [0.4, 0.5) is 13.2 Å². The molecule has 1 aromatic rings. The molecule has 0 aliphatic carbocycles. The van der Waals surface area contributed by atoms with Gasteiger partial charge in [0.1, 0.15) is 0 Å². The Morgan fingerprint density at radius 1 is 1.25 bits per heavy atom. The van der Waals surface area contributed by atoms with Gasteiger partial charge in [0.25, 0.3) is 0 Å². The van der Waals surface area contributed by atoms with Gasteiger partial charge in [-0.25, -0.2) is 0 Å². The smallest absolute Gasteiger partial charge is 0.313 e. The van der Waals surface area contributed by atoms with Crippen molar-refractivity contribution in [3.8, 4) is 0 Å². The van der Waals surface area contributed by atoms with Crippen molar-refractivity contribution in [2.24, 2.45) is 0 Å². The van der Waals surface area contributed by atoms with Crippen LogP contribution in [0.3, 0.4) is 0 Å². The number of halogens is 3. The van der Waals surface area contributed by atoms with Crippen LogP contribution >= 0.6 is 0 Å². The predicted octanol–water partition coefficient (Wildman–Crippen LogP) is 2.48. The number of hydrogen-bond acceptors (Lipinski definition) is 2. The quantitative estimate of drug-likeness (QED) is 0.798. The van der Waals surface area contributed by atoms with E-state index in [4.69, 9.17) is 0 Å². The summed E-state index contributed by atoms with van der Waals surface area (Å²) < 4.78 is 36.9. The summed E-state index contributed by atoms with van der Waals surface area (Å²) in [6, 6.07) is 2.51. The molecular formula is C11H11F3N2. The van der Waals surface area contributed by atoms with Crippen molar-refractivity contribution in [1.82, 2.24) is 10.3 Å². The van der Waals surface area contributed by atoms with Crippen molar-refractivity contribution in [2.45, 2.75) is 12.6 Å². The van der Waals surface area contributed by atoms with Gasteiger partial charge in [-0.1, -0.05) is 6.08 Å². The lowest BCUT2D eigenvalue weighted by Gasteiger charge is -2.14. The zero-order valence-electron chi connectivity index (χ0n) is 8.51. The Hall–Kier alpha value is -1.36. The summed E-state index contributed by atoms with van der Waals surface area (Å²) in [4.78, 5) is 3.85. The topological polar surface area (TPSA) is 24.9 Å². The maximum absolute atomic E-state index is 12.3. The van der Waals surface area contributed by atoms with E-state index in [-0.39, 0.29) is 0 Å². The Labute approximate surface area is 91.2 Å². The first kappa shape index (κ1) is 11.1. The highest BCUT2D eigenvalue weighted by Gasteiger charge is 2.30. The van der Waals surface area contributed by atoms with E-state index in [1.54, 1.807) is 0 Å². The lowest BCUT2D eigenvalue weighted by atomic mass is 10.0. The van der Waals surface area contributed by atoms with Crippen molar-refractivity contribution >= 4 is 5.57 Å². The van der Waals surface area contributed by atoms with Crippen LogP contribution in [-0.2, 0) is 6.18 Å². The average molecular weight is 228 g/mol. The molecule has 0 radical (unpaired) electrons. The number of alkyl halides is 3. The first-order chi connectivity index (χ1) is 7.57. The third-order valence-electron chi connectivity index (χ3n) is 2.48. The molecule has 0 fully saturated rings. The Kier molecular flexibility index (Phi) is 2.96. The highest BCUT2D eigenvalue weighted by Crippen LogP contribution is 2.29. The SMILES string of the molecule is FC(F)(F)c1ccc(C2=CCNCC2)nc1. The molecule has 0 unspecified atom stereocenters. The van der Waals surface area contributed by atoms with Crippen LogP contribution in [0.2, 0.25) is 0 Å². The second-order valence-corrected chi connectivity index (χ2v) is 3.61. The van der Waals surface area contributed by atoms with E-state index in [1.807, 2.05) is 6.08 Å². The summed E-state index contributed by atoms with van der Waals surface area (Å²) in [5.74, 6) is 0. The number of pyridine rings is 1. The van der Waals surface area contributed by atoms with Crippen molar-refractivity contribution in [3.63, 3.8) is 0 Å². The number of aromatic nitrogens is 1. The average Bonchev–Trinajstić information content (AvgIpc) is 2.29. The van der Waals surface area contributed by atoms with Crippen LogP contribution in [0.25, 0.3) is 5.57 Å². The molecule has 1 aliphatic rings. The Morgan fingerprint density at radius 3 is 2.56 bits per heavy atom. The van der Waals surface area contributed by atoms with Crippen LogP contribution in [0.5, 0.6) is 0 Å². The maximum Gasteiger partial charge on any atom is 0.417 e. The monoisotopic (exact) mass is 228 g/mol. The Balaban J connectivity index is 2.22. The van der Waals surface area contributed by atoms with E-state index in [2.05, 4.69) is 10.3 Å². The van der Waals surface area contributed by atoms with E-state index >= 15 is 0 Å². The number of nitrogens with zero attached hydrogens (tertiary/aromatic N) is 1. The molecule has 1 aromatic heterocycles. The Morgan fingerprint density at radius 2 is 2.06 bits per heavy atom. The summed E-state index contributed by atoms with van der Waals surface area (Å²) in [5, 5.41) is 3.14. The van der Waals surface area contributed by atoms with Gasteiger partial charge in [-0.2, -0.15) is 13.2 Å². The summed E-state index contributed by atoms with van der Waals surface area (Å²) in [6.07, 6.45) is -0.663. The summed E-state index contributed by atoms with van der Waals surface area (Å²) in [6.45, 7) is 1.59. The first-order valence-electron chi connectivity index (χ1n) is 5.01. The fraction of sp³-hybridized carbons (Fsp3) is 0.364. The second-order valence-electron chi connectivity index (χ2n) is 3.61. The number of nitrogens with one attached hydrogen (secondary N) is 1. The molecule has 2 nitrogen and oxygen atoms in total. The van der Waals surface area contributed by atoms with Crippen LogP contribution in [-0.4, -0.2) is 18.1 Å². The van der Waals surface area contributed by atoms with Gasteiger partial charge in [-0.15, -0.1) is 0 Å². The van der Waals surface area contributed by atoms with E-state index < -0.39 is 11.7 Å². The maximum atomic E-state index is 12.3. The first-order valence-corrected chi connectivity index (χ1v) is 5.01. The minimum absolute atomic E-state index is 0.634. The third-order valence-corrected chi connectivity index (χ3v) is 2.48. The largest absolute Gasteiger partial charge is 0.417 e. The van der Waals surface area contributed by atoms with E-state index in [0.717, 1.165) is 37.3 Å². The number of rotatable bonds is 1. The molecule has 2 rings (SSSR count). The van der Waals surface area contributed by atoms with Crippen molar-refractivity contribution in [1.29, 1.82) is 0 Å². The normalized spacial score (nSPS) is 17.1.